The number of piperidine rings is 1. The van der Waals surface area contributed by atoms with Gasteiger partial charge >= 0.3 is 35.9 Å². The largest absolute Gasteiger partial charge is 0.481 e. The molecule has 4 N–H and O–H groups in total. The van der Waals surface area contributed by atoms with Crippen molar-refractivity contribution in [1.29, 1.82) is 0 Å². The monoisotopic (exact) mass is 1330 g/mol. The van der Waals surface area contributed by atoms with E-state index in [1.54, 1.807) is 17.3 Å². The van der Waals surface area contributed by atoms with Crippen LogP contribution in [0, 0.1) is 23.5 Å². The molecule has 2 aromatic heterocycles. The zero-order valence-corrected chi connectivity index (χ0v) is 51.0. The van der Waals surface area contributed by atoms with Gasteiger partial charge in [-0.1, -0.05) is 71.5 Å². The molecule has 0 spiro atoms. The molecular weight excluding hydrogens is 1260 g/mol. The number of rotatable bonds is 13. The summed E-state index contributed by atoms with van der Waals surface area (Å²) in [5.41, 5.74) is 2.69. The van der Waals surface area contributed by atoms with Crippen LogP contribution in [0.25, 0.3) is 0 Å². The molecule has 12 rings (SSSR count). The Bertz CT molecular complexity index is 3340. The first-order chi connectivity index (χ1) is 41.0. The van der Waals surface area contributed by atoms with Crippen LogP contribution in [0.5, 0.6) is 0 Å². The van der Waals surface area contributed by atoms with Crippen molar-refractivity contribution >= 4 is 109 Å². The fourth-order valence-corrected chi connectivity index (χ4v) is 14.9. The van der Waals surface area contributed by atoms with Crippen molar-refractivity contribution in [3.8, 4) is 0 Å². The number of aromatic nitrogens is 2. The highest BCUT2D eigenvalue weighted by Crippen LogP contribution is 2.41. The van der Waals surface area contributed by atoms with Crippen LogP contribution in [-0.2, 0) is 28.7 Å². The van der Waals surface area contributed by atoms with Crippen LogP contribution in [0.1, 0.15) is 98.4 Å². The zero-order valence-electron chi connectivity index (χ0n) is 46.3. The third-order valence-electron chi connectivity index (χ3n) is 16.7. The van der Waals surface area contributed by atoms with E-state index in [0.29, 0.717) is 113 Å². The predicted octanol–water partition coefficient (Wildman–Crippen LogP) is 9.14. The number of carboxylic acid groups (broad SMARTS) is 2. The zero-order chi connectivity index (χ0) is 60.2. The van der Waals surface area contributed by atoms with Gasteiger partial charge in [0.25, 0.3) is 0 Å². The molecule has 0 radical (unpaired) electrons. The number of alkyl halides is 1. The number of aliphatic carboxylic acids is 2. The molecule has 2 saturated carbocycles. The Morgan fingerprint density at radius 1 is 0.651 bits per heavy atom. The van der Waals surface area contributed by atoms with Crippen LogP contribution in [0.4, 0.5) is 18.4 Å². The van der Waals surface area contributed by atoms with Crippen LogP contribution >= 0.6 is 61.8 Å². The van der Waals surface area contributed by atoms with Crippen molar-refractivity contribution in [3.05, 3.63) is 125 Å². The topological polar surface area (TPSA) is 252 Å². The lowest BCUT2D eigenvalue weighted by Crippen LogP contribution is -2.53. The van der Waals surface area contributed by atoms with Gasteiger partial charge in [-0.05, 0) is 69.2 Å². The van der Waals surface area contributed by atoms with E-state index in [0.717, 1.165) is 45.2 Å². The molecule has 8 atom stereocenters. The number of amidine groups is 2. The van der Waals surface area contributed by atoms with Crippen molar-refractivity contribution in [3.63, 3.8) is 0 Å². The quantitative estimate of drug-likeness (QED) is 0.0719. The number of halogens is 5. The lowest BCUT2D eigenvalue weighted by molar-refractivity contribution is -0.144. The number of amides is 4. The van der Waals surface area contributed by atoms with E-state index < -0.39 is 53.5 Å². The summed E-state index contributed by atoms with van der Waals surface area (Å²) in [4.78, 5) is 102. The number of methoxy groups -OCH3 is 2. The maximum atomic E-state index is 13.9. The van der Waals surface area contributed by atoms with Crippen LogP contribution in [-0.4, -0.2) is 182 Å². The van der Waals surface area contributed by atoms with Gasteiger partial charge in [0.1, 0.15) is 23.7 Å². The number of benzene rings is 2. The first-order valence-electron chi connectivity index (χ1n) is 27.9. The molecule has 6 aliphatic heterocycles. The summed E-state index contributed by atoms with van der Waals surface area (Å²) < 4.78 is 37.4. The number of carbonyl (C=O) groups is 6. The molecule has 8 heterocycles. The Balaban J connectivity index is 0.000000170. The molecule has 460 valence electrons. The number of piperazine rings is 1. The number of allylic oxidation sites excluding steroid dienone is 1. The smallest absolute Gasteiger partial charge is 0.338 e. The summed E-state index contributed by atoms with van der Waals surface area (Å²) >= 11 is 18.8. The number of carbonyl (C=O) groups excluding carboxylic acids is 4. The number of hydrogen-bond acceptors (Lipinski definition) is 17. The van der Waals surface area contributed by atoms with Gasteiger partial charge in [0.2, 0.25) is 0 Å². The molecule has 2 aliphatic carbocycles. The molecule has 8 aliphatic rings. The van der Waals surface area contributed by atoms with E-state index in [1.807, 2.05) is 25.5 Å². The molecule has 0 unspecified atom stereocenters. The minimum Gasteiger partial charge on any atom is -0.481 e. The molecule has 21 nitrogen and oxygen atoms in total. The molecule has 4 saturated heterocycles. The van der Waals surface area contributed by atoms with Crippen molar-refractivity contribution in [2.45, 2.75) is 101 Å². The van der Waals surface area contributed by atoms with E-state index in [9.17, 15) is 47.8 Å². The van der Waals surface area contributed by atoms with E-state index in [2.05, 4.69) is 46.4 Å². The number of fused-ring (bicyclic) bond motifs is 2. The number of esters is 2. The Morgan fingerprint density at radius 3 is 1.59 bits per heavy atom. The first kappa shape index (κ1) is 63.9. The standard InChI is InChI=1S/C28H30ClFN6O5S.C16H12BrClFN3O2S.C13H20N2O3.CH4/c1-41-27(39)22-20(32-24(25-31-7-10-42-25)33-23(22)17-6-5-15(30)11-19(17)29)14-34-8-9-35-16(12-34)13-36(28(35)40)21-4-2-3-18(21)26(37)38;1-24-16(23)12-11(7-17)21-14(15-20-4-5-25-15)22-13(12)9-3-2-8(19)6-10(9)18;16-12(17)10-5-3-6-11(10)15-8-9-4-1-2-7-14(9)13(15)18;/h5-7,10-11,16,18,21,23H,2-4,8-9,12-14H2,1H3,(H,32,33)(H,37,38);2-6,13H,7H2,1H3,(H,21,22);9-11H,1-8H2,(H,16,17);1H4/t16-,18-,21-,23-;13-;9-,10-,11-;/m000./s1. The number of aliphatic imine (C=N–C) groups is 2. The fourth-order valence-electron chi connectivity index (χ4n) is 12.8. The van der Waals surface area contributed by atoms with Crippen molar-refractivity contribution in [1.82, 2.24) is 45.1 Å². The average molecular weight is 1330 g/mol. The second-order valence-electron chi connectivity index (χ2n) is 21.6. The van der Waals surface area contributed by atoms with E-state index in [1.165, 1.54) is 79.7 Å². The maximum absolute atomic E-state index is 13.9. The third kappa shape index (κ3) is 13.4. The van der Waals surface area contributed by atoms with Crippen molar-refractivity contribution < 1.29 is 57.2 Å². The fraction of sp³-hybridized carbons (Fsp3) is 0.483. The number of urea groups is 2. The number of ether oxygens (including phenoxy) is 2. The maximum Gasteiger partial charge on any atom is 0.338 e. The van der Waals surface area contributed by atoms with Gasteiger partial charge in [-0.25, -0.2) is 37.9 Å². The number of nitrogens with zero attached hydrogens (tertiary/aromatic N) is 9. The molecule has 6 fully saturated rings. The van der Waals surface area contributed by atoms with Crippen LogP contribution < -0.4 is 10.6 Å². The molecule has 2 aromatic carbocycles. The number of hydrogen-bond donors (Lipinski definition) is 4. The Kier molecular flexibility index (Phi) is 20.9. The van der Waals surface area contributed by atoms with Crippen molar-refractivity contribution in [2.75, 3.05) is 65.4 Å². The van der Waals surface area contributed by atoms with Crippen LogP contribution in [0.2, 0.25) is 10.0 Å². The van der Waals surface area contributed by atoms with Gasteiger partial charge in [0, 0.05) is 119 Å². The highest BCUT2D eigenvalue weighted by molar-refractivity contribution is 9.09. The van der Waals surface area contributed by atoms with Gasteiger partial charge in [0.15, 0.2) is 21.7 Å². The highest BCUT2D eigenvalue weighted by Gasteiger charge is 2.49. The van der Waals surface area contributed by atoms with Crippen molar-refractivity contribution in [2.24, 2.45) is 21.8 Å². The Labute approximate surface area is 522 Å². The Morgan fingerprint density at radius 2 is 1.14 bits per heavy atom. The summed E-state index contributed by atoms with van der Waals surface area (Å²) in [6, 6.07) is 6.23. The van der Waals surface area contributed by atoms with Crippen LogP contribution in [0.3, 0.4) is 0 Å². The first-order valence-corrected chi connectivity index (χ1v) is 31.5. The van der Waals surface area contributed by atoms with E-state index in [4.69, 9.17) is 37.7 Å². The summed E-state index contributed by atoms with van der Waals surface area (Å²) in [6.45, 7) is 3.94. The third-order valence-corrected chi connectivity index (χ3v) is 19.5. The van der Waals surface area contributed by atoms with E-state index >= 15 is 0 Å². The summed E-state index contributed by atoms with van der Waals surface area (Å²) in [5, 5.41) is 31.0. The van der Waals surface area contributed by atoms with E-state index in [-0.39, 0.29) is 59.2 Å². The SMILES string of the molecule is C.COC(=O)C1=C(CBr)NC(c2nccs2)=N[C@H]1c1ccc(F)cc1Cl.COC(=O)C1=C(CN2CCN3C(=O)N([C@H]4CCC[C@@H]4C(=O)O)C[C@@H]3C2)NC(c2nccs2)=N[C@H]1c1ccc(F)cc1Cl.O=C(O)[C@H]1CCC[C@@H]1N1C[C@@H]2CCCCN2C1=O. The lowest BCUT2D eigenvalue weighted by atomic mass is 9.95. The summed E-state index contributed by atoms with van der Waals surface area (Å²) in [5.74, 6) is -3.60. The minimum absolute atomic E-state index is 0. The molecule has 86 heavy (non-hydrogen) atoms. The normalized spacial score (nSPS) is 25.3. The summed E-state index contributed by atoms with van der Waals surface area (Å²) in [7, 11) is 2.59. The second-order valence-corrected chi connectivity index (χ2v) is 24.8. The average Bonchev–Trinajstić information content (AvgIpc) is 1.97. The minimum atomic E-state index is -0.860. The van der Waals surface area contributed by atoms with Gasteiger partial charge in [-0.15, -0.1) is 22.7 Å². The number of nitrogens with one attached hydrogen (secondary N) is 2. The van der Waals surface area contributed by atoms with Gasteiger partial charge < -0.3 is 49.9 Å². The molecule has 28 heteroatoms. The van der Waals surface area contributed by atoms with Gasteiger partial charge in [-0.2, -0.15) is 0 Å². The van der Waals surface area contributed by atoms with Crippen LogP contribution in [0.15, 0.2) is 92.1 Å². The lowest BCUT2D eigenvalue weighted by Gasteiger charge is -2.38. The second kappa shape index (κ2) is 28.1. The Hall–Kier alpha value is -6.58. The molecule has 4 amide bonds. The molecule has 4 aromatic rings. The molecular formula is C58H66BrCl2F2N11O10S2. The highest BCUT2D eigenvalue weighted by atomic mass is 79.9. The number of carboxylic acids is 2. The number of thiazole rings is 2. The van der Waals surface area contributed by atoms with Gasteiger partial charge in [0.05, 0.1) is 49.3 Å². The summed E-state index contributed by atoms with van der Waals surface area (Å²) in [6.07, 6.45) is 11.2. The molecule has 0 bridgehead atoms. The predicted molar refractivity (Wildman–Crippen MR) is 323 cm³/mol. The van der Waals surface area contributed by atoms with Gasteiger partial charge in [-0.3, -0.25) is 24.5 Å².